The largest absolute Gasteiger partial charge is 0.314 e. The summed E-state index contributed by atoms with van der Waals surface area (Å²) in [5.41, 5.74) is 1.27. The molecule has 2 atom stereocenters. The van der Waals surface area contributed by atoms with Gasteiger partial charge in [0, 0.05) is 44.1 Å². The zero-order valence-electron chi connectivity index (χ0n) is 10.7. The summed E-state index contributed by atoms with van der Waals surface area (Å²) in [7, 11) is 4.23. The van der Waals surface area contributed by atoms with E-state index in [1.807, 2.05) is 25.5 Å². The fourth-order valence-electron chi connectivity index (χ4n) is 2.40. The highest BCUT2D eigenvalue weighted by molar-refractivity contribution is 5.14. The molecule has 2 heterocycles. The number of likely N-dealkylation sites (N-methyl/N-ethyl adjacent to an activating group) is 1. The van der Waals surface area contributed by atoms with E-state index in [1.165, 1.54) is 5.56 Å². The molecular weight excluding hydrogens is 212 g/mol. The molecule has 0 bridgehead atoms. The Hall–Kier alpha value is -0.970. The van der Waals surface area contributed by atoms with E-state index in [0.717, 1.165) is 26.1 Å². The lowest BCUT2D eigenvalue weighted by molar-refractivity contribution is 0.178. The van der Waals surface area contributed by atoms with Crippen molar-refractivity contribution in [3.63, 3.8) is 0 Å². The fraction of sp³-hybridized carbons (Fsp3) is 0.615. The molecule has 0 saturated carbocycles. The van der Waals surface area contributed by atoms with Crippen LogP contribution in [0.2, 0.25) is 0 Å². The Morgan fingerprint density at radius 3 is 3.18 bits per heavy atom. The van der Waals surface area contributed by atoms with Crippen LogP contribution in [0.25, 0.3) is 0 Å². The van der Waals surface area contributed by atoms with Crippen LogP contribution in [0.5, 0.6) is 0 Å². The molecule has 17 heavy (non-hydrogen) atoms. The first-order valence-electron chi connectivity index (χ1n) is 6.29. The number of hydrogen-bond donors (Lipinski definition) is 2. The summed E-state index contributed by atoms with van der Waals surface area (Å²) in [5, 5.41) is 6.85. The third-order valence-corrected chi connectivity index (χ3v) is 3.59. The molecule has 0 radical (unpaired) electrons. The highest BCUT2D eigenvalue weighted by Gasteiger charge is 2.22. The minimum Gasteiger partial charge on any atom is -0.314 e. The molecule has 2 rings (SSSR count). The Kier molecular flexibility index (Phi) is 4.48. The number of nitrogens with zero attached hydrogens (tertiary/aromatic N) is 2. The van der Waals surface area contributed by atoms with Gasteiger partial charge in [0.25, 0.3) is 0 Å². The smallest absolute Gasteiger partial charge is 0.0348 e. The van der Waals surface area contributed by atoms with Crippen LogP contribution in [0.4, 0.5) is 0 Å². The molecule has 94 valence electrons. The highest BCUT2D eigenvalue weighted by Crippen LogP contribution is 2.19. The number of aromatic nitrogens is 1. The zero-order valence-corrected chi connectivity index (χ0v) is 10.7. The van der Waals surface area contributed by atoms with E-state index in [9.17, 15) is 0 Å². The van der Waals surface area contributed by atoms with Crippen molar-refractivity contribution in [2.45, 2.75) is 18.5 Å². The van der Waals surface area contributed by atoms with Crippen molar-refractivity contribution in [1.29, 1.82) is 0 Å². The molecular formula is C13H22N4. The van der Waals surface area contributed by atoms with E-state index >= 15 is 0 Å². The number of piperazine rings is 1. The maximum atomic E-state index is 4.20. The molecule has 4 nitrogen and oxygen atoms in total. The normalized spacial score (nSPS) is 23.5. The average molecular weight is 234 g/mol. The molecule has 1 saturated heterocycles. The van der Waals surface area contributed by atoms with Crippen molar-refractivity contribution in [2.75, 3.05) is 33.7 Å². The predicted molar refractivity (Wildman–Crippen MR) is 69.9 cm³/mol. The third-order valence-electron chi connectivity index (χ3n) is 3.59. The molecule has 4 heteroatoms. The van der Waals surface area contributed by atoms with Crippen LogP contribution in [-0.4, -0.2) is 49.7 Å². The number of pyridine rings is 1. The van der Waals surface area contributed by atoms with Gasteiger partial charge < -0.3 is 15.5 Å². The second kappa shape index (κ2) is 6.10. The standard InChI is InChI=1S/C13H22N4/c1-14-13(11-4-3-5-15-9-11)8-12-10-16-6-7-17(12)2/h3-5,9,12-14,16H,6-8,10H2,1-2H3. The fourth-order valence-corrected chi connectivity index (χ4v) is 2.40. The third kappa shape index (κ3) is 3.25. The van der Waals surface area contributed by atoms with Gasteiger partial charge in [-0.3, -0.25) is 4.98 Å². The van der Waals surface area contributed by atoms with Crippen molar-refractivity contribution in [1.82, 2.24) is 20.5 Å². The van der Waals surface area contributed by atoms with Gasteiger partial charge in [0.1, 0.15) is 0 Å². The Balaban J connectivity index is 1.99. The Labute approximate surface area is 103 Å². The SMILES string of the molecule is CNC(CC1CNCCN1C)c1cccnc1. The van der Waals surface area contributed by atoms with E-state index in [4.69, 9.17) is 0 Å². The summed E-state index contributed by atoms with van der Waals surface area (Å²) in [6, 6.07) is 5.13. The monoisotopic (exact) mass is 234 g/mol. The maximum Gasteiger partial charge on any atom is 0.0348 e. The van der Waals surface area contributed by atoms with Gasteiger partial charge in [-0.05, 0) is 32.1 Å². The van der Waals surface area contributed by atoms with E-state index in [0.29, 0.717) is 12.1 Å². The number of hydrogen-bond acceptors (Lipinski definition) is 4. The maximum absolute atomic E-state index is 4.20. The molecule has 2 N–H and O–H groups in total. The molecule has 0 aromatic carbocycles. The summed E-state index contributed by atoms with van der Waals surface area (Å²) in [4.78, 5) is 6.64. The molecule has 0 aliphatic carbocycles. The molecule has 1 aliphatic heterocycles. The minimum atomic E-state index is 0.385. The van der Waals surface area contributed by atoms with Crippen molar-refractivity contribution in [3.05, 3.63) is 30.1 Å². The summed E-state index contributed by atoms with van der Waals surface area (Å²) < 4.78 is 0. The van der Waals surface area contributed by atoms with Gasteiger partial charge in [0.05, 0.1) is 0 Å². The van der Waals surface area contributed by atoms with Gasteiger partial charge in [-0.1, -0.05) is 6.07 Å². The quantitative estimate of drug-likeness (QED) is 0.802. The van der Waals surface area contributed by atoms with Crippen LogP contribution in [0, 0.1) is 0 Å². The molecule has 1 aromatic rings. The van der Waals surface area contributed by atoms with Crippen molar-refractivity contribution >= 4 is 0 Å². The average Bonchev–Trinajstić information content (AvgIpc) is 2.39. The number of nitrogens with one attached hydrogen (secondary N) is 2. The Bertz CT molecular complexity index is 327. The van der Waals surface area contributed by atoms with E-state index < -0.39 is 0 Å². The molecule has 1 fully saturated rings. The Morgan fingerprint density at radius 1 is 1.65 bits per heavy atom. The van der Waals surface area contributed by atoms with Gasteiger partial charge in [0.15, 0.2) is 0 Å². The van der Waals surface area contributed by atoms with Gasteiger partial charge in [-0.2, -0.15) is 0 Å². The molecule has 0 amide bonds. The van der Waals surface area contributed by atoms with E-state index in [-0.39, 0.29) is 0 Å². The summed E-state index contributed by atoms with van der Waals surface area (Å²) in [6.07, 6.45) is 4.90. The minimum absolute atomic E-state index is 0.385. The van der Waals surface area contributed by atoms with E-state index in [1.54, 1.807) is 0 Å². The van der Waals surface area contributed by atoms with Crippen molar-refractivity contribution < 1.29 is 0 Å². The molecule has 2 unspecified atom stereocenters. The number of rotatable bonds is 4. The molecule has 1 aliphatic rings. The predicted octanol–water partition coefficient (Wildman–Crippen LogP) is 0.636. The summed E-state index contributed by atoms with van der Waals surface area (Å²) >= 11 is 0. The highest BCUT2D eigenvalue weighted by atomic mass is 15.2. The second-order valence-corrected chi connectivity index (χ2v) is 4.70. The summed E-state index contributed by atoms with van der Waals surface area (Å²) in [6.45, 7) is 3.31. The first-order valence-corrected chi connectivity index (χ1v) is 6.29. The van der Waals surface area contributed by atoms with E-state index in [2.05, 4.69) is 33.6 Å². The van der Waals surface area contributed by atoms with Crippen LogP contribution in [-0.2, 0) is 0 Å². The summed E-state index contributed by atoms with van der Waals surface area (Å²) in [5.74, 6) is 0. The van der Waals surface area contributed by atoms with Crippen LogP contribution >= 0.6 is 0 Å². The second-order valence-electron chi connectivity index (χ2n) is 4.70. The van der Waals surface area contributed by atoms with Gasteiger partial charge >= 0.3 is 0 Å². The first-order chi connectivity index (χ1) is 8.31. The first kappa shape index (κ1) is 12.5. The van der Waals surface area contributed by atoms with Gasteiger partial charge in [-0.25, -0.2) is 0 Å². The molecule has 1 aromatic heterocycles. The Morgan fingerprint density at radius 2 is 2.53 bits per heavy atom. The van der Waals surface area contributed by atoms with Crippen LogP contribution in [0.1, 0.15) is 18.0 Å². The lowest BCUT2D eigenvalue weighted by atomic mass is 9.99. The zero-order chi connectivity index (χ0) is 12.1. The van der Waals surface area contributed by atoms with Gasteiger partial charge in [-0.15, -0.1) is 0 Å². The van der Waals surface area contributed by atoms with Crippen LogP contribution < -0.4 is 10.6 Å². The van der Waals surface area contributed by atoms with Crippen molar-refractivity contribution in [3.8, 4) is 0 Å². The van der Waals surface area contributed by atoms with Crippen molar-refractivity contribution in [2.24, 2.45) is 0 Å². The van der Waals surface area contributed by atoms with Crippen LogP contribution in [0.3, 0.4) is 0 Å². The van der Waals surface area contributed by atoms with Gasteiger partial charge in [0.2, 0.25) is 0 Å². The van der Waals surface area contributed by atoms with Crippen LogP contribution in [0.15, 0.2) is 24.5 Å². The topological polar surface area (TPSA) is 40.2 Å². The lowest BCUT2D eigenvalue weighted by Gasteiger charge is -2.35. The molecule has 0 spiro atoms. The lowest BCUT2D eigenvalue weighted by Crippen LogP contribution is -2.50.